The van der Waals surface area contributed by atoms with E-state index in [1.165, 1.54) is 21.7 Å². The van der Waals surface area contributed by atoms with Crippen LogP contribution in [0.3, 0.4) is 0 Å². The maximum atomic E-state index is 14.0. The largest absolute Gasteiger partial charge is 0.511 e. The summed E-state index contributed by atoms with van der Waals surface area (Å²) in [7, 11) is 0. The first-order valence-corrected chi connectivity index (χ1v) is 11.9. The lowest BCUT2D eigenvalue weighted by atomic mass is 10.0. The molecule has 4 rings (SSSR count). The van der Waals surface area contributed by atoms with E-state index in [9.17, 15) is 28.0 Å². The fraction of sp³-hybridized carbons (Fsp3) is 0.440. The standard InChI is InChI=1S/C25H26F2N2O9/c1-14-6-8-35-20-12-28-11-17(19(31)5-3-15-2-4-16(26)10-18(15)27)22(32)23(21(28)24(33)29(14)20)37-13-38-25(34)36-9-7-30/h2,4,10-11,14,20,30H,3,5-9,12-13H2,1H3/t14-,20+/m1/s1. The van der Waals surface area contributed by atoms with Gasteiger partial charge >= 0.3 is 6.16 Å². The average molecular weight is 536 g/mol. The van der Waals surface area contributed by atoms with E-state index in [1.54, 1.807) is 0 Å². The lowest BCUT2D eigenvalue weighted by molar-refractivity contribution is -0.112. The molecule has 2 aliphatic heterocycles. The number of nitrogens with zero attached hydrogens (tertiary/aromatic N) is 2. The molecule has 2 aromatic rings. The van der Waals surface area contributed by atoms with Crippen LogP contribution >= 0.6 is 0 Å². The van der Waals surface area contributed by atoms with Crippen LogP contribution in [0.1, 0.15) is 46.2 Å². The van der Waals surface area contributed by atoms with Gasteiger partial charge in [-0.05, 0) is 31.4 Å². The van der Waals surface area contributed by atoms with Crippen LogP contribution in [0.5, 0.6) is 5.75 Å². The third kappa shape index (κ3) is 5.68. The highest BCUT2D eigenvalue weighted by atomic mass is 19.1. The van der Waals surface area contributed by atoms with Crippen molar-refractivity contribution in [3.8, 4) is 5.75 Å². The predicted molar refractivity (Wildman–Crippen MR) is 125 cm³/mol. The minimum atomic E-state index is -1.17. The molecule has 1 fully saturated rings. The van der Waals surface area contributed by atoms with Gasteiger partial charge in [0, 0.05) is 24.7 Å². The van der Waals surface area contributed by atoms with E-state index < -0.39 is 60.3 Å². The van der Waals surface area contributed by atoms with Gasteiger partial charge < -0.3 is 33.5 Å². The van der Waals surface area contributed by atoms with Crippen LogP contribution in [0.15, 0.2) is 29.2 Å². The highest BCUT2D eigenvalue weighted by Crippen LogP contribution is 2.30. The summed E-state index contributed by atoms with van der Waals surface area (Å²) in [6, 6.07) is 2.80. The number of ketones is 1. The number of ether oxygens (including phenoxy) is 4. The van der Waals surface area contributed by atoms with Crippen LogP contribution in [0.2, 0.25) is 0 Å². The van der Waals surface area contributed by atoms with Crippen LogP contribution in [0, 0.1) is 11.6 Å². The SMILES string of the molecule is C[C@@H]1CCO[C@H]2Cn3cc(C(=O)CCc4ccc(F)cc4F)c(=O)c(OCOC(=O)OCCO)c3C(=O)N12. The van der Waals surface area contributed by atoms with Gasteiger partial charge in [0.1, 0.15) is 18.2 Å². The summed E-state index contributed by atoms with van der Waals surface area (Å²) in [5.41, 5.74) is -1.28. The van der Waals surface area contributed by atoms with Gasteiger partial charge in [0.2, 0.25) is 18.0 Å². The first-order valence-electron chi connectivity index (χ1n) is 11.9. The Morgan fingerprint density at radius 3 is 2.74 bits per heavy atom. The quantitative estimate of drug-likeness (QED) is 0.290. The summed E-state index contributed by atoms with van der Waals surface area (Å²) in [6.07, 6.45) is -0.363. The third-order valence-electron chi connectivity index (χ3n) is 6.29. The van der Waals surface area contributed by atoms with Crippen LogP contribution < -0.4 is 10.2 Å². The highest BCUT2D eigenvalue weighted by Gasteiger charge is 2.41. The summed E-state index contributed by atoms with van der Waals surface area (Å²) >= 11 is 0. The first-order chi connectivity index (χ1) is 18.2. The summed E-state index contributed by atoms with van der Waals surface area (Å²) in [5, 5.41) is 8.73. The molecule has 13 heteroatoms. The second kappa shape index (κ2) is 11.7. The van der Waals surface area contributed by atoms with Crippen molar-refractivity contribution in [2.75, 3.05) is 26.6 Å². The number of Topliss-reactive ketones (excluding diaryl/α,β-unsaturated/α-hetero) is 1. The Balaban J connectivity index is 1.64. The number of amides is 1. The van der Waals surface area contributed by atoms with Crippen molar-refractivity contribution in [1.82, 2.24) is 9.47 Å². The zero-order chi connectivity index (χ0) is 27.4. The van der Waals surface area contributed by atoms with Crippen LogP contribution in [-0.4, -0.2) is 71.3 Å². The van der Waals surface area contributed by atoms with Gasteiger partial charge in [0.05, 0.1) is 25.3 Å². The van der Waals surface area contributed by atoms with E-state index >= 15 is 0 Å². The first kappa shape index (κ1) is 27.2. The van der Waals surface area contributed by atoms with Crippen LogP contribution in [0.25, 0.3) is 0 Å². The molecule has 1 aromatic carbocycles. The molecule has 0 spiro atoms. The number of aliphatic hydroxyl groups is 1. The Labute approximate surface area is 215 Å². The number of rotatable bonds is 9. The zero-order valence-electron chi connectivity index (χ0n) is 20.5. The van der Waals surface area contributed by atoms with E-state index in [1.807, 2.05) is 6.92 Å². The average Bonchev–Trinajstić information content (AvgIpc) is 2.88. The second-order valence-corrected chi connectivity index (χ2v) is 8.77. The minimum absolute atomic E-state index is 0.0967. The van der Waals surface area contributed by atoms with Crippen molar-refractivity contribution in [3.05, 3.63) is 63.1 Å². The van der Waals surface area contributed by atoms with Crippen molar-refractivity contribution in [2.24, 2.45) is 0 Å². The summed E-state index contributed by atoms with van der Waals surface area (Å²) in [6.45, 7) is 0.814. The summed E-state index contributed by atoms with van der Waals surface area (Å²) < 4.78 is 49.0. The second-order valence-electron chi connectivity index (χ2n) is 8.77. The number of aryl methyl sites for hydroxylation is 1. The number of carbonyl (C=O) groups is 3. The van der Waals surface area contributed by atoms with E-state index in [-0.39, 0.29) is 48.9 Å². The molecule has 1 amide bonds. The van der Waals surface area contributed by atoms with Gasteiger partial charge in [0.15, 0.2) is 17.7 Å². The minimum Gasteiger partial charge on any atom is -0.451 e. The van der Waals surface area contributed by atoms with Crippen molar-refractivity contribution >= 4 is 17.8 Å². The summed E-state index contributed by atoms with van der Waals surface area (Å²) in [4.78, 5) is 52.9. The van der Waals surface area contributed by atoms with Crippen LogP contribution in [-0.2, 0) is 27.2 Å². The number of halogens is 2. The Bertz CT molecular complexity index is 1300. The number of hydrogen-bond donors (Lipinski definition) is 1. The van der Waals surface area contributed by atoms with Gasteiger partial charge in [-0.25, -0.2) is 13.6 Å². The van der Waals surface area contributed by atoms with E-state index in [0.29, 0.717) is 19.1 Å². The number of hydrogen-bond acceptors (Lipinski definition) is 9. The number of carbonyl (C=O) groups excluding carboxylic acids is 3. The molecular weight excluding hydrogens is 510 g/mol. The molecule has 0 saturated carbocycles. The maximum Gasteiger partial charge on any atom is 0.511 e. The number of fused-ring (bicyclic) bond motifs is 2. The Morgan fingerprint density at radius 2 is 2.00 bits per heavy atom. The molecule has 11 nitrogen and oxygen atoms in total. The Hall–Kier alpha value is -3.84. The molecular formula is C25H26F2N2O9. The maximum absolute atomic E-state index is 14.0. The van der Waals surface area contributed by atoms with Gasteiger partial charge in [-0.15, -0.1) is 0 Å². The number of benzene rings is 1. The van der Waals surface area contributed by atoms with Gasteiger partial charge in [-0.3, -0.25) is 14.4 Å². The van der Waals surface area contributed by atoms with Crippen molar-refractivity contribution in [2.45, 2.75) is 45.0 Å². The molecule has 0 aliphatic carbocycles. The number of pyridine rings is 1. The fourth-order valence-corrected chi connectivity index (χ4v) is 4.39. The van der Waals surface area contributed by atoms with Gasteiger partial charge in [0.25, 0.3) is 5.91 Å². The zero-order valence-corrected chi connectivity index (χ0v) is 20.5. The molecule has 0 radical (unpaired) electrons. The smallest absolute Gasteiger partial charge is 0.451 e. The molecule has 3 heterocycles. The van der Waals surface area contributed by atoms with Crippen molar-refractivity contribution in [1.29, 1.82) is 0 Å². The number of aliphatic hydroxyl groups excluding tert-OH is 1. The van der Waals surface area contributed by atoms with Crippen molar-refractivity contribution < 1.29 is 47.2 Å². The molecule has 0 bridgehead atoms. The Kier molecular flexibility index (Phi) is 8.37. The topological polar surface area (TPSA) is 134 Å². The molecule has 1 saturated heterocycles. The molecule has 38 heavy (non-hydrogen) atoms. The third-order valence-corrected chi connectivity index (χ3v) is 6.29. The van der Waals surface area contributed by atoms with Crippen molar-refractivity contribution in [3.63, 3.8) is 0 Å². The molecule has 1 N–H and O–H groups in total. The lowest BCUT2D eigenvalue weighted by Crippen LogP contribution is -2.57. The van der Waals surface area contributed by atoms with Gasteiger partial charge in [-0.1, -0.05) is 6.07 Å². The van der Waals surface area contributed by atoms with E-state index in [2.05, 4.69) is 4.74 Å². The van der Waals surface area contributed by atoms with E-state index in [0.717, 1.165) is 6.07 Å². The van der Waals surface area contributed by atoms with Gasteiger partial charge in [-0.2, -0.15) is 0 Å². The molecule has 2 aliphatic rings. The Morgan fingerprint density at radius 1 is 1.21 bits per heavy atom. The summed E-state index contributed by atoms with van der Waals surface area (Å²) in [5.74, 6) is -3.29. The highest BCUT2D eigenvalue weighted by molar-refractivity contribution is 6.00. The molecule has 204 valence electrons. The fourth-order valence-electron chi connectivity index (χ4n) is 4.39. The normalized spacial score (nSPS) is 18.4. The predicted octanol–water partition coefficient (Wildman–Crippen LogP) is 2.01. The van der Waals surface area contributed by atoms with Crippen LogP contribution in [0.4, 0.5) is 13.6 Å². The molecule has 2 atom stereocenters. The monoisotopic (exact) mass is 536 g/mol. The lowest BCUT2D eigenvalue weighted by Gasteiger charge is -2.44. The molecule has 0 unspecified atom stereocenters. The number of aromatic nitrogens is 1. The molecule has 1 aromatic heterocycles. The van der Waals surface area contributed by atoms with E-state index in [4.69, 9.17) is 19.3 Å².